The number of halogens is 1. The number of nitriles is 1. The first-order valence-corrected chi connectivity index (χ1v) is 11.4. The van der Waals surface area contributed by atoms with Crippen molar-refractivity contribution in [2.75, 3.05) is 37.6 Å². The Kier molecular flexibility index (Phi) is 6.48. The molecule has 2 heterocycles. The number of nitrogens with zero attached hydrogens (tertiary/aromatic N) is 4. The molecule has 152 valence electrons. The molecule has 1 N–H and O–H groups in total. The van der Waals surface area contributed by atoms with Crippen molar-refractivity contribution in [1.82, 2.24) is 9.88 Å². The number of piperazine rings is 1. The van der Waals surface area contributed by atoms with E-state index in [-0.39, 0.29) is 11.3 Å². The highest BCUT2D eigenvalue weighted by atomic mass is 79.9. The SMILES string of the molecule is N#C/C(=C(/O)CN1CCN(c2ccccc2)CC1)c1nc(-c2ccc(Br)cc2)cs1. The average Bonchev–Trinajstić information content (AvgIpc) is 3.26. The van der Waals surface area contributed by atoms with Gasteiger partial charge in [-0.05, 0) is 24.3 Å². The molecular weight excluding hydrogens is 460 g/mol. The molecule has 7 heteroatoms. The molecule has 1 fully saturated rings. The normalized spacial score (nSPS) is 15.5. The predicted molar refractivity (Wildman–Crippen MR) is 126 cm³/mol. The van der Waals surface area contributed by atoms with Crippen molar-refractivity contribution in [3.8, 4) is 17.3 Å². The van der Waals surface area contributed by atoms with E-state index in [1.54, 1.807) is 0 Å². The van der Waals surface area contributed by atoms with E-state index in [9.17, 15) is 10.4 Å². The van der Waals surface area contributed by atoms with E-state index in [0.29, 0.717) is 11.6 Å². The predicted octanol–water partition coefficient (Wildman–Crippen LogP) is 5.19. The summed E-state index contributed by atoms with van der Waals surface area (Å²) in [6.07, 6.45) is 0. The summed E-state index contributed by atoms with van der Waals surface area (Å²) < 4.78 is 1.00. The second-order valence-corrected chi connectivity index (χ2v) is 8.85. The summed E-state index contributed by atoms with van der Waals surface area (Å²) in [6, 6.07) is 20.4. The van der Waals surface area contributed by atoms with Gasteiger partial charge < -0.3 is 10.0 Å². The molecule has 1 aliphatic rings. The molecule has 5 nitrogen and oxygen atoms in total. The Morgan fingerprint density at radius 3 is 2.43 bits per heavy atom. The number of hydrogen-bond donors (Lipinski definition) is 1. The van der Waals surface area contributed by atoms with E-state index >= 15 is 0 Å². The number of para-hydroxylation sites is 1. The van der Waals surface area contributed by atoms with Crippen molar-refractivity contribution in [2.24, 2.45) is 0 Å². The van der Waals surface area contributed by atoms with Crippen LogP contribution in [-0.4, -0.2) is 47.7 Å². The largest absolute Gasteiger partial charge is 0.509 e. The highest BCUT2D eigenvalue weighted by molar-refractivity contribution is 9.10. The minimum atomic E-state index is 0.0855. The van der Waals surface area contributed by atoms with Gasteiger partial charge in [-0.25, -0.2) is 4.98 Å². The quantitative estimate of drug-likeness (QED) is 0.402. The Morgan fingerprint density at radius 1 is 1.07 bits per heavy atom. The molecule has 0 aliphatic carbocycles. The molecule has 0 bridgehead atoms. The Bertz CT molecular complexity index is 1060. The average molecular weight is 481 g/mol. The van der Waals surface area contributed by atoms with Crippen molar-refractivity contribution in [1.29, 1.82) is 5.26 Å². The zero-order chi connectivity index (χ0) is 20.9. The van der Waals surface area contributed by atoms with Crippen molar-refractivity contribution in [3.63, 3.8) is 0 Å². The van der Waals surface area contributed by atoms with Gasteiger partial charge in [-0.2, -0.15) is 5.26 Å². The summed E-state index contributed by atoms with van der Waals surface area (Å²) in [5.74, 6) is 0.0855. The number of aromatic nitrogens is 1. The van der Waals surface area contributed by atoms with Crippen LogP contribution in [0.15, 0.2) is 70.2 Å². The molecule has 0 spiro atoms. The van der Waals surface area contributed by atoms with Crippen LogP contribution in [0.3, 0.4) is 0 Å². The lowest BCUT2D eigenvalue weighted by Crippen LogP contribution is -2.47. The first-order valence-electron chi connectivity index (χ1n) is 9.70. The van der Waals surface area contributed by atoms with Crippen molar-refractivity contribution < 1.29 is 5.11 Å². The van der Waals surface area contributed by atoms with Gasteiger partial charge in [0.15, 0.2) is 0 Å². The van der Waals surface area contributed by atoms with Gasteiger partial charge in [0.2, 0.25) is 0 Å². The zero-order valence-electron chi connectivity index (χ0n) is 16.3. The van der Waals surface area contributed by atoms with Gasteiger partial charge in [0, 0.05) is 47.3 Å². The molecule has 2 aromatic carbocycles. The standard InChI is InChI=1S/C23H21BrN4OS/c24-18-8-6-17(7-9-18)21-16-30-23(26-21)20(14-25)22(29)15-27-10-12-28(13-11-27)19-4-2-1-3-5-19/h1-9,16,29H,10-13,15H2/b22-20-. The highest BCUT2D eigenvalue weighted by Gasteiger charge is 2.20. The van der Waals surface area contributed by atoms with Gasteiger partial charge in [-0.15, -0.1) is 11.3 Å². The topological polar surface area (TPSA) is 63.4 Å². The van der Waals surface area contributed by atoms with Crippen LogP contribution in [0.4, 0.5) is 5.69 Å². The number of aliphatic hydroxyl groups excluding tert-OH is 1. The van der Waals surface area contributed by atoms with E-state index in [1.807, 2.05) is 47.8 Å². The summed E-state index contributed by atoms with van der Waals surface area (Å²) in [6.45, 7) is 3.81. The van der Waals surface area contributed by atoms with Crippen LogP contribution >= 0.6 is 27.3 Å². The second-order valence-electron chi connectivity index (χ2n) is 7.08. The minimum Gasteiger partial charge on any atom is -0.509 e. The van der Waals surface area contributed by atoms with E-state index < -0.39 is 0 Å². The third kappa shape index (κ3) is 4.73. The number of hydrogen-bond acceptors (Lipinski definition) is 6. The Hall–Kier alpha value is -2.66. The number of rotatable bonds is 5. The summed E-state index contributed by atoms with van der Waals surface area (Å²) in [4.78, 5) is 9.10. The van der Waals surface area contributed by atoms with E-state index in [1.165, 1.54) is 17.0 Å². The molecule has 0 unspecified atom stereocenters. The molecule has 0 radical (unpaired) electrons. The monoisotopic (exact) mass is 480 g/mol. The van der Waals surface area contributed by atoms with Crippen LogP contribution in [0.5, 0.6) is 0 Å². The fourth-order valence-electron chi connectivity index (χ4n) is 3.47. The van der Waals surface area contributed by atoms with Gasteiger partial charge in [0.1, 0.15) is 22.4 Å². The molecule has 1 saturated heterocycles. The maximum atomic E-state index is 10.7. The molecule has 3 aromatic rings. The van der Waals surface area contributed by atoms with Crippen molar-refractivity contribution in [3.05, 3.63) is 75.2 Å². The van der Waals surface area contributed by atoms with Gasteiger partial charge in [-0.3, -0.25) is 4.90 Å². The third-order valence-corrected chi connectivity index (χ3v) is 6.51. The second kappa shape index (κ2) is 9.43. The fourth-order valence-corrected chi connectivity index (χ4v) is 4.58. The number of allylic oxidation sites excluding steroid dienone is 1. The van der Waals surface area contributed by atoms with Crippen LogP contribution in [-0.2, 0) is 0 Å². The lowest BCUT2D eigenvalue weighted by atomic mass is 10.2. The van der Waals surface area contributed by atoms with Crippen LogP contribution in [0.2, 0.25) is 0 Å². The molecular formula is C23H21BrN4OS. The summed E-state index contributed by atoms with van der Waals surface area (Å²) in [5.41, 5.74) is 3.26. The molecule has 1 aromatic heterocycles. The lowest BCUT2D eigenvalue weighted by Gasteiger charge is -2.35. The van der Waals surface area contributed by atoms with Crippen LogP contribution in [0, 0.1) is 11.3 Å². The van der Waals surface area contributed by atoms with Gasteiger partial charge in [0.05, 0.1) is 12.2 Å². The zero-order valence-corrected chi connectivity index (χ0v) is 18.7. The fraction of sp³-hybridized carbons (Fsp3) is 0.217. The van der Waals surface area contributed by atoms with Crippen LogP contribution < -0.4 is 4.90 Å². The van der Waals surface area contributed by atoms with Gasteiger partial charge in [-0.1, -0.05) is 46.3 Å². The van der Waals surface area contributed by atoms with Gasteiger partial charge >= 0.3 is 0 Å². The Morgan fingerprint density at radius 2 is 1.77 bits per heavy atom. The highest BCUT2D eigenvalue weighted by Crippen LogP contribution is 2.28. The van der Waals surface area contributed by atoms with Crippen LogP contribution in [0.25, 0.3) is 16.8 Å². The molecule has 30 heavy (non-hydrogen) atoms. The summed E-state index contributed by atoms with van der Waals surface area (Å²) in [5, 5.41) is 22.8. The number of thiazole rings is 1. The van der Waals surface area contributed by atoms with Crippen molar-refractivity contribution in [2.45, 2.75) is 0 Å². The smallest absolute Gasteiger partial charge is 0.138 e. The first-order chi connectivity index (χ1) is 14.6. The summed E-state index contributed by atoms with van der Waals surface area (Å²) in [7, 11) is 0. The van der Waals surface area contributed by atoms with E-state index in [4.69, 9.17) is 0 Å². The maximum absolute atomic E-state index is 10.7. The van der Waals surface area contributed by atoms with E-state index in [2.05, 4.69) is 48.9 Å². The first kappa shape index (κ1) is 20.6. The third-order valence-electron chi connectivity index (χ3n) is 5.13. The van der Waals surface area contributed by atoms with E-state index in [0.717, 1.165) is 41.9 Å². The van der Waals surface area contributed by atoms with Crippen LogP contribution in [0.1, 0.15) is 5.01 Å². The number of benzene rings is 2. The molecule has 0 saturated carbocycles. The molecule has 0 amide bonds. The lowest BCUT2D eigenvalue weighted by molar-refractivity contribution is 0.239. The number of aliphatic hydroxyl groups is 1. The Labute approximate surface area is 188 Å². The Balaban J connectivity index is 1.43. The molecule has 1 aliphatic heterocycles. The molecule has 4 rings (SSSR count). The minimum absolute atomic E-state index is 0.0855. The van der Waals surface area contributed by atoms with Crippen molar-refractivity contribution >= 4 is 38.5 Å². The molecule has 0 atom stereocenters. The maximum Gasteiger partial charge on any atom is 0.138 e. The summed E-state index contributed by atoms with van der Waals surface area (Å²) >= 11 is 4.81. The van der Waals surface area contributed by atoms with Gasteiger partial charge in [0.25, 0.3) is 0 Å². The number of anilines is 1.